The van der Waals surface area contributed by atoms with Gasteiger partial charge in [-0.1, -0.05) is 37.3 Å². The number of aromatic nitrogens is 2. The van der Waals surface area contributed by atoms with Crippen molar-refractivity contribution in [1.82, 2.24) is 9.97 Å². The molecule has 0 amide bonds. The van der Waals surface area contributed by atoms with Crippen LogP contribution >= 0.6 is 11.3 Å². The molecule has 2 aromatic heterocycles. The molecule has 2 heterocycles. The van der Waals surface area contributed by atoms with Gasteiger partial charge in [0, 0.05) is 17.0 Å². The highest BCUT2D eigenvalue weighted by molar-refractivity contribution is 7.18. The van der Waals surface area contributed by atoms with Crippen LogP contribution in [0.2, 0.25) is 0 Å². The summed E-state index contributed by atoms with van der Waals surface area (Å²) < 4.78 is 5.05. The van der Waals surface area contributed by atoms with E-state index in [-0.39, 0.29) is 5.97 Å². The molecule has 0 saturated heterocycles. The fraction of sp³-hybridized carbons (Fsp3) is 0.208. The molecule has 0 spiro atoms. The fourth-order valence-electron chi connectivity index (χ4n) is 3.18. The van der Waals surface area contributed by atoms with Gasteiger partial charge in [-0.2, -0.15) is 0 Å². The minimum atomic E-state index is -0.316. The van der Waals surface area contributed by atoms with E-state index in [4.69, 9.17) is 14.7 Å². The number of hydrogen-bond acceptors (Lipinski definition) is 6. The molecule has 6 heteroatoms. The number of carbonyl (C=O) groups excluding carboxylic acids is 1. The van der Waals surface area contributed by atoms with Crippen molar-refractivity contribution in [3.05, 3.63) is 82.5 Å². The molecular formula is C24H23N3O2S. The highest BCUT2D eigenvalue weighted by Gasteiger charge is 2.13. The Morgan fingerprint density at radius 2 is 1.80 bits per heavy atom. The molecule has 0 fully saturated rings. The van der Waals surface area contributed by atoms with Crippen molar-refractivity contribution in [2.24, 2.45) is 0 Å². The zero-order chi connectivity index (χ0) is 20.9. The Balaban J connectivity index is 1.66. The maximum Gasteiger partial charge on any atom is 0.338 e. The number of aryl methyl sites for hydroxylation is 1. The van der Waals surface area contributed by atoms with E-state index >= 15 is 0 Å². The van der Waals surface area contributed by atoms with Gasteiger partial charge < -0.3 is 10.1 Å². The van der Waals surface area contributed by atoms with Gasteiger partial charge in [-0.3, -0.25) is 0 Å². The minimum absolute atomic E-state index is 0.316. The highest BCUT2D eigenvalue weighted by Crippen LogP contribution is 2.31. The third kappa shape index (κ3) is 4.49. The lowest BCUT2D eigenvalue weighted by Crippen LogP contribution is -2.05. The van der Waals surface area contributed by atoms with Crippen LogP contribution in [0.5, 0.6) is 0 Å². The Hall–Kier alpha value is -3.25. The van der Waals surface area contributed by atoms with E-state index in [2.05, 4.69) is 30.4 Å². The molecule has 0 atom stereocenters. The molecule has 0 bridgehead atoms. The summed E-state index contributed by atoms with van der Waals surface area (Å²) in [7, 11) is 0. The Bertz CT molecular complexity index is 1150. The van der Waals surface area contributed by atoms with Crippen molar-refractivity contribution < 1.29 is 9.53 Å². The molecule has 5 nitrogen and oxygen atoms in total. The first-order chi connectivity index (χ1) is 14.7. The van der Waals surface area contributed by atoms with Crippen molar-refractivity contribution in [2.75, 3.05) is 11.9 Å². The molecular weight excluding hydrogens is 394 g/mol. The zero-order valence-electron chi connectivity index (χ0n) is 17.0. The van der Waals surface area contributed by atoms with E-state index in [0.717, 1.165) is 34.0 Å². The summed E-state index contributed by atoms with van der Waals surface area (Å²) in [5, 5.41) is 4.43. The molecule has 4 rings (SSSR count). The van der Waals surface area contributed by atoms with Crippen LogP contribution in [-0.4, -0.2) is 22.5 Å². The normalized spacial score (nSPS) is 10.9. The lowest BCUT2D eigenvalue weighted by molar-refractivity contribution is 0.0526. The number of rotatable bonds is 7. The largest absolute Gasteiger partial charge is 0.462 e. The molecule has 0 unspecified atom stereocenters. The van der Waals surface area contributed by atoms with Gasteiger partial charge in [-0.15, -0.1) is 11.3 Å². The molecule has 1 N–H and O–H groups in total. The average molecular weight is 418 g/mol. The smallest absolute Gasteiger partial charge is 0.338 e. The fourth-order valence-corrected chi connectivity index (χ4v) is 4.17. The van der Waals surface area contributed by atoms with Crippen molar-refractivity contribution in [3.63, 3.8) is 0 Å². The summed E-state index contributed by atoms with van der Waals surface area (Å²) in [6.45, 7) is 4.30. The quantitative estimate of drug-likeness (QED) is 0.387. The molecule has 0 aliphatic carbocycles. The van der Waals surface area contributed by atoms with Crippen LogP contribution in [0.15, 0.2) is 60.7 Å². The second-order valence-corrected chi connectivity index (χ2v) is 7.97. The van der Waals surface area contributed by atoms with Crippen LogP contribution in [0.1, 0.15) is 40.5 Å². The summed E-state index contributed by atoms with van der Waals surface area (Å²) in [4.78, 5) is 23.8. The number of hydrogen-bond donors (Lipinski definition) is 1. The Labute approximate surface area is 179 Å². The van der Waals surface area contributed by atoms with Crippen molar-refractivity contribution in [2.45, 2.75) is 26.7 Å². The molecule has 0 aliphatic rings. The van der Waals surface area contributed by atoms with Crippen molar-refractivity contribution in [1.29, 1.82) is 0 Å². The van der Waals surface area contributed by atoms with Crippen LogP contribution in [0.4, 0.5) is 11.5 Å². The van der Waals surface area contributed by atoms with Crippen LogP contribution in [0.25, 0.3) is 10.2 Å². The van der Waals surface area contributed by atoms with Crippen LogP contribution in [0.3, 0.4) is 0 Å². The first-order valence-electron chi connectivity index (χ1n) is 10.0. The zero-order valence-corrected chi connectivity index (χ0v) is 17.8. The molecule has 0 aliphatic heterocycles. The van der Waals surface area contributed by atoms with E-state index in [9.17, 15) is 4.79 Å². The predicted octanol–water partition coefficient (Wildman–Crippen LogP) is 5.76. The summed E-state index contributed by atoms with van der Waals surface area (Å²) in [6, 6.07) is 19.6. The Morgan fingerprint density at radius 1 is 1.03 bits per heavy atom. The maximum atomic E-state index is 11.9. The lowest BCUT2D eigenvalue weighted by atomic mass is 10.1. The van der Waals surface area contributed by atoms with E-state index in [1.165, 1.54) is 10.4 Å². The molecule has 152 valence electrons. The highest BCUT2D eigenvalue weighted by atomic mass is 32.1. The summed E-state index contributed by atoms with van der Waals surface area (Å²) in [6.07, 6.45) is 1.63. The number of fused-ring (bicyclic) bond motifs is 1. The topological polar surface area (TPSA) is 64.1 Å². The van der Waals surface area contributed by atoms with Gasteiger partial charge in [0.2, 0.25) is 0 Å². The van der Waals surface area contributed by atoms with Crippen molar-refractivity contribution >= 4 is 39.0 Å². The molecule has 2 aromatic carbocycles. The molecule has 30 heavy (non-hydrogen) atoms. The van der Waals surface area contributed by atoms with Crippen LogP contribution in [-0.2, 0) is 17.6 Å². The third-order valence-electron chi connectivity index (χ3n) is 4.70. The van der Waals surface area contributed by atoms with E-state index in [1.54, 1.807) is 30.4 Å². The predicted molar refractivity (Wildman–Crippen MR) is 122 cm³/mol. The number of esters is 1. The summed E-state index contributed by atoms with van der Waals surface area (Å²) in [5.41, 5.74) is 2.57. The van der Waals surface area contributed by atoms with Crippen LogP contribution < -0.4 is 5.32 Å². The third-order valence-corrected chi connectivity index (χ3v) is 5.88. The van der Waals surface area contributed by atoms with Gasteiger partial charge in [-0.25, -0.2) is 14.8 Å². The van der Waals surface area contributed by atoms with Crippen molar-refractivity contribution in [3.8, 4) is 0 Å². The van der Waals surface area contributed by atoms with Gasteiger partial charge >= 0.3 is 5.97 Å². The first kappa shape index (κ1) is 20.0. The summed E-state index contributed by atoms with van der Waals surface area (Å²) in [5.74, 6) is 1.25. The second-order valence-electron chi connectivity index (χ2n) is 6.86. The van der Waals surface area contributed by atoms with Gasteiger partial charge in [0.05, 0.1) is 17.6 Å². The standard InChI is InChI=1S/C24H23N3O2S/c1-3-19-15-20-22(25-18-12-10-17(11-13-18)24(28)29-4-2)26-21(27-23(20)30-19)14-16-8-6-5-7-9-16/h5-13,15H,3-4,14H2,1-2H3,(H,25,26,27). The number of carbonyl (C=O) groups is 1. The summed E-state index contributed by atoms with van der Waals surface area (Å²) >= 11 is 1.71. The Morgan fingerprint density at radius 3 is 2.50 bits per heavy atom. The number of benzene rings is 2. The van der Waals surface area contributed by atoms with Gasteiger partial charge in [0.1, 0.15) is 16.5 Å². The van der Waals surface area contributed by atoms with E-state index in [0.29, 0.717) is 18.6 Å². The first-order valence-corrected chi connectivity index (χ1v) is 10.9. The molecule has 4 aromatic rings. The average Bonchev–Trinajstić information content (AvgIpc) is 3.19. The maximum absolute atomic E-state index is 11.9. The van der Waals surface area contributed by atoms with E-state index < -0.39 is 0 Å². The number of nitrogens with zero attached hydrogens (tertiary/aromatic N) is 2. The van der Waals surface area contributed by atoms with Gasteiger partial charge in [0.25, 0.3) is 0 Å². The van der Waals surface area contributed by atoms with E-state index in [1.807, 2.05) is 30.3 Å². The lowest BCUT2D eigenvalue weighted by Gasteiger charge is -2.10. The SMILES string of the molecule is CCOC(=O)c1ccc(Nc2nc(Cc3ccccc3)nc3sc(CC)cc23)cc1. The minimum Gasteiger partial charge on any atom is -0.462 e. The molecule has 0 saturated carbocycles. The number of nitrogens with one attached hydrogen (secondary N) is 1. The number of thiophene rings is 1. The molecule has 0 radical (unpaired) electrons. The second kappa shape index (κ2) is 9.05. The van der Waals surface area contributed by atoms with Gasteiger partial charge in [-0.05, 0) is 49.2 Å². The monoisotopic (exact) mass is 417 g/mol. The Kier molecular flexibility index (Phi) is 6.05. The van der Waals surface area contributed by atoms with Gasteiger partial charge in [0.15, 0.2) is 0 Å². The number of ether oxygens (including phenoxy) is 1. The number of anilines is 2. The van der Waals surface area contributed by atoms with Crippen LogP contribution in [0, 0.1) is 0 Å².